The van der Waals surface area contributed by atoms with Gasteiger partial charge in [0.25, 0.3) is 0 Å². The van der Waals surface area contributed by atoms with Crippen molar-refractivity contribution < 1.29 is 9.57 Å². The van der Waals surface area contributed by atoms with E-state index in [4.69, 9.17) is 21.2 Å². The smallest absolute Gasteiger partial charge is 0.162 e. The second kappa shape index (κ2) is 6.40. The molecule has 9 heteroatoms. The number of fused-ring (bicyclic) bond motifs is 1. The maximum Gasteiger partial charge on any atom is 0.162 e. The van der Waals surface area contributed by atoms with Crippen LogP contribution in [-0.2, 0) is 6.61 Å². The number of rotatable bonds is 5. The summed E-state index contributed by atoms with van der Waals surface area (Å²) in [5.74, 6) is 0.783. The van der Waals surface area contributed by atoms with Crippen LogP contribution in [-0.4, -0.2) is 37.3 Å². The number of halogens is 1. The summed E-state index contributed by atoms with van der Waals surface area (Å²) in [6, 6.07) is 12.8. The molecule has 0 bridgehead atoms. The van der Waals surface area contributed by atoms with Crippen LogP contribution in [0.25, 0.3) is 16.7 Å². The summed E-state index contributed by atoms with van der Waals surface area (Å²) in [5.41, 5.74) is 2.93. The highest BCUT2D eigenvalue weighted by Gasteiger charge is 2.08. The predicted octanol–water partition coefficient (Wildman–Crippen LogP) is 2.30. The topological polar surface area (TPSA) is 79.9 Å². The molecule has 0 radical (unpaired) electrons. The molecular formula is C16H13ClN6O2. The molecule has 4 aromatic rings. The van der Waals surface area contributed by atoms with Crippen LogP contribution in [0.5, 0.6) is 5.75 Å². The van der Waals surface area contributed by atoms with Crippen LogP contribution < -0.4 is 9.57 Å². The molecule has 0 saturated carbocycles. The predicted molar refractivity (Wildman–Crippen MR) is 90.7 cm³/mol. The lowest BCUT2D eigenvalue weighted by Gasteiger charge is -2.03. The third-order valence-corrected chi connectivity index (χ3v) is 3.82. The van der Waals surface area contributed by atoms with E-state index in [1.54, 1.807) is 36.2 Å². The Kier molecular flexibility index (Phi) is 3.95. The van der Waals surface area contributed by atoms with Gasteiger partial charge < -0.3 is 9.57 Å². The van der Waals surface area contributed by atoms with Crippen molar-refractivity contribution in [2.24, 2.45) is 0 Å². The van der Waals surface area contributed by atoms with E-state index >= 15 is 0 Å². The maximum atomic E-state index is 5.93. The first kappa shape index (κ1) is 15.4. The molecule has 0 aliphatic rings. The minimum absolute atomic E-state index is 0.206. The zero-order chi connectivity index (χ0) is 17.2. The number of hydrogen-bond acceptors (Lipinski definition) is 6. The van der Waals surface area contributed by atoms with Crippen LogP contribution in [0, 0.1) is 0 Å². The molecule has 0 spiro atoms. The number of methoxy groups -OCH3 is 1. The molecular weight excluding hydrogens is 344 g/mol. The lowest BCUT2D eigenvalue weighted by molar-refractivity contribution is 0.0731. The van der Waals surface area contributed by atoms with Crippen molar-refractivity contribution >= 4 is 22.6 Å². The van der Waals surface area contributed by atoms with Crippen molar-refractivity contribution in [2.45, 2.75) is 6.61 Å². The fraction of sp³-hybridized carbons (Fsp3) is 0.125. The average molecular weight is 357 g/mol. The van der Waals surface area contributed by atoms with Gasteiger partial charge in [0, 0.05) is 5.02 Å². The van der Waals surface area contributed by atoms with Gasteiger partial charge in [-0.15, -0.1) is 10.2 Å². The minimum atomic E-state index is 0.206. The molecule has 8 nitrogen and oxygen atoms in total. The number of ether oxygens (including phenoxy) is 1. The molecule has 0 saturated heterocycles. The summed E-state index contributed by atoms with van der Waals surface area (Å²) < 4.78 is 6.81. The highest BCUT2D eigenvalue weighted by Crippen LogP contribution is 2.17. The van der Waals surface area contributed by atoms with E-state index in [-0.39, 0.29) is 6.61 Å². The van der Waals surface area contributed by atoms with Crippen LogP contribution in [0.4, 0.5) is 0 Å². The van der Waals surface area contributed by atoms with Gasteiger partial charge in [0.15, 0.2) is 6.61 Å². The summed E-state index contributed by atoms with van der Waals surface area (Å²) in [5, 5.41) is 16.8. The number of nitrogens with zero attached hydrogens (tertiary/aromatic N) is 6. The minimum Gasteiger partial charge on any atom is -0.497 e. The van der Waals surface area contributed by atoms with E-state index in [0.29, 0.717) is 16.2 Å². The fourth-order valence-electron chi connectivity index (χ4n) is 2.32. The second-order valence-corrected chi connectivity index (χ2v) is 5.66. The van der Waals surface area contributed by atoms with Gasteiger partial charge in [-0.1, -0.05) is 21.7 Å². The number of benzene rings is 2. The number of hydrogen-bond donors (Lipinski definition) is 0. The molecule has 4 rings (SSSR count). The zero-order valence-electron chi connectivity index (χ0n) is 13.2. The lowest BCUT2D eigenvalue weighted by Crippen LogP contribution is -2.13. The molecule has 25 heavy (non-hydrogen) atoms. The van der Waals surface area contributed by atoms with E-state index in [9.17, 15) is 0 Å². The third kappa shape index (κ3) is 3.11. The first-order valence-electron chi connectivity index (χ1n) is 7.43. The first-order chi connectivity index (χ1) is 12.2. The van der Waals surface area contributed by atoms with E-state index < -0.39 is 0 Å². The Morgan fingerprint density at radius 1 is 1.04 bits per heavy atom. The Balaban J connectivity index is 1.48. The maximum absolute atomic E-state index is 5.93. The van der Waals surface area contributed by atoms with Gasteiger partial charge >= 0.3 is 0 Å². The molecule has 2 heterocycles. The van der Waals surface area contributed by atoms with Gasteiger partial charge in [0.1, 0.15) is 22.5 Å². The Hall–Kier alpha value is -3.13. The molecule has 2 aromatic carbocycles. The quantitative estimate of drug-likeness (QED) is 0.546. The van der Waals surface area contributed by atoms with Crippen molar-refractivity contribution in [3.8, 4) is 11.4 Å². The Bertz CT molecular complexity index is 1010. The highest BCUT2D eigenvalue weighted by atomic mass is 35.5. The summed E-state index contributed by atoms with van der Waals surface area (Å²) in [6.45, 7) is 0.206. The fourth-order valence-corrected chi connectivity index (χ4v) is 2.49. The molecule has 0 aliphatic heterocycles. The van der Waals surface area contributed by atoms with Crippen LogP contribution in [0.3, 0.4) is 0 Å². The standard InChI is InChI=1S/C16H13ClN6O2/c1-24-14-5-3-13(4-6-14)22-9-12(18-20-22)10-25-23-16-7-2-11(17)8-15(16)19-21-23/h2-9H,10H2,1H3. The molecule has 0 unspecified atom stereocenters. The summed E-state index contributed by atoms with van der Waals surface area (Å²) in [6.07, 6.45) is 1.79. The average Bonchev–Trinajstić information content (AvgIpc) is 3.26. The Morgan fingerprint density at radius 3 is 2.68 bits per heavy atom. The molecule has 0 aliphatic carbocycles. The highest BCUT2D eigenvalue weighted by molar-refractivity contribution is 6.31. The molecule has 0 amide bonds. The summed E-state index contributed by atoms with van der Waals surface area (Å²) in [7, 11) is 1.63. The van der Waals surface area contributed by atoms with E-state index in [0.717, 1.165) is 17.0 Å². The summed E-state index contributed by atoms with van der Waals surface area (Å²) >= 11 is 5.93. The van der Waals surface area contributed by atoms with Gasteiger partial charge in [-0.25, -0.2) is 4.68 Å². The summed E-state index contributed by atoms with van der Waals surface area (Å²) in [4.78, 5) is 6.98. The van der Waals surface area contributed by atoms with Crippen molar-refractivity contribution in [1.82, 2.24) is 30.2 Å². The molecule has 126 valence electrons. The monoisotopic (exact) mass is 356 g/mol. The molecule has 0 fully saturated rings. The largest absolute Gasteiger partial charge is 0.497 e. The van der Waals surface area contributed by atoms with Gasteiger partial charge in [0.05, 0.1) is 19.0 Å². The number of aromatic nitrogens is 6. The van der Waals surface area contributed by atoms with Crippen LogP contribution in [0.2, 0.25) is 5.02 Å². The van der Waals surface area contributed by atoms with Crippen molar-refractivity contribution in [1.29, 1.82) is 0 Å². The van der Waals surface area contributed by atoms with Gasteiger partial charge in [-0.3, -0.25) is 0 Å². The van der Waals surface area contributed by atoms with Crippen LogP contribution in [0.15, 0.2) is 48.7 Å². The lowest BCUT2D eigenvalue weighted by atomic mass is 10.3. The second-order valence-electron chi connectivity index (χ2n) is 5.22. The van der Waals surface area contributed by atoms with Gasteiger partial charge in [-0.05, 0) is 47.7 Å². The van der Waals surface area contributed by atoms with Crippen molar-refractivity contribution in [3.05, 3.63) is 59.4 Å². The van der Waals surface area contributed by atoms with Gasteiger partial charge in [-0.2, -0.15) is 0 Å². The molecule has 0 N–H and O–H groups in total. The normalized spacial score (nSPS) is 11.0. The van der Waals surface area contributed by atoms with Crippen LogP contribution >= 0.6 is 11.6 Å². The molecule has 2 aromatic heterocycles. The first-order valence-corrected chi connectivity index (χ1v) is 7.80. The molecule has 0 atom stereocenters. The SMILES string of the molecule is COc1ccc(-n2cc(COn3nnc4cc(Cl)ccc43)nn2)cc1. The third-order valence-electron chi connectivity index (χ3n) is 3.59. The van der Waals surface area contributed by atoms with E-state index in [1.165, 1.54) is 4.85 Å². The van der Waals surface area contributed by atoms with Crippen molar-refractivity contribution in [2.75, 3.05) is 7.11 Å². The van der Waals surface area contributed by atoms with Crippen LogP contribution in [0.1, 0.15) is 5.69 Å². The van der Waals surface area contributed by atoms with Gasteiger partial charge in [0.2, 0.25) is 0 Å². The zero-order valence-corrected chi connectivity index (χ0v) is 14.0. The van der Waals surface area contributed by atoms with E-state index in [1.807, 2.05) is 24.3 Å². The van der Waals surface area contributed by atoms with E-state index in [2.05, 4.69) is 20.6 Å². The Labute approximate surface area is 147 Å². The Morgan fingerprint density at radius 2 is 1.88 bits per heavy atom. The van der Waals surface area contributed by atoms with Crippen molar-refractivity contribution in [3.63, 3.8) is 0 Å².